The number of nitrogens with zero attached hydrogens (tertiary/aromatic N) is 4. The van der Waals surface area contributed by atoms with Gasteiger partial charge in [-0.1, -0.05) is 0 Å². The minimum atomic E-state index is -1.60. The SMILES string of the molecule is C/C(=N/NC(=N)N)c1cc(NC(=O)c2cc(C(=O)Nc3cc(/C(C)=N\NC(=N)N)cc(/C(C)=N/NC(=N)N)c3)cc(S(C)=O)c2)cc(/C(C)=N\NC(=N)N)c1. The highest BCUT2D eigenvalue weighted by Gasteiger charge is 2.18. The molecular formula is C33H42N18O3S. The number of benzene rings is 3. The highest BCUT2D eigenvalue weighted by Crippen LogP contribution is 2.22. The lowest BCUT2D eigenvalue weighted by Crippen LogP contribution is -2.27. The number of rotatable bonds is 13. The molecule has 1 atom stereocenters. The zero-order valence-electron chi connectivity index (χ0n) is 30.4. The zero-order chi connectivity index (χ0) is 41.0. The summed E-state index contributed by atoms with van der Waals surface area (Å²) >= 11 is 0. The maximum absolute atomic E-state index is 13.8. The van der Waals surface area contributed by atoms with Gasteiger partial charge in [0.05, 0.1) is 22.8 Å². The molecule has 0 aliphatic heterocycles. The lowest BCUT2D eigenvalue weighted by molar-refractivity contribution is 0.102. The summed E-state index contributed by atoms with van der Waals surface area (Å²) in [4.78, 5) is 27.7. The second kappa shape index (κ2) is 18.8. The van der Waals surface area contributed by atoms with Crippen LogP contribution in [0.5, 0.6) is 0 Å². The monoisotopic (exact) mass is 770 g/mol. The molecule has 0 aliphatic carbocycles. The van der Waals surface area contributed by atoms with E-state index in [9.17, 15) is 13.8 Å². The van der Waals surface area contributed by atoms with Crippen LogP contribution in [-0.2, 0) is 10.8 Å². The number of guanidine groups is 4. The van der Waals surface area contributed by atoms with E-state index in [-0.39, 0.29) is 39.9 Å². The van der Waals surface area contributed by atoms with Gasteiger partial charge in [0.25, 0.3) is 11.8 Å². The Morgan fingerprint density at radius 1 is 0.491 bits per heavy atom. The summed E-state index contributed by atoms with van der Waals surface area (Å²) < 4.78 is 12.7. The first-order chi connectivity index (χ1) is 25.8. The number of nitrogens with two attached hydrogens (primary N) is 4. The van der Waals surface area contributed by atoms with Gasteiger partial charge in [-0.05, 0) is 82.3 Å². The zero-order valence-corrected chi connectivity index (χ0v) is 31.2. The second-order valence-corrected chi connectivity index (χ2v) is 13.0. The van der Waals surface area contributed by atoms with Gasteiger partial charge in [0.2, 0.25) is 23.8 Å². The Hall–Kier alpha value is -7.49. The number of hydrogen-bond donors (Lipinski definition) is 14. The first-order valence-corrected chi connectivity index (χ1v) is 17.4. The first-order valence-electron chi connectivity index (χ1n) is 15.8. The van der Waals surface area contributed by atoms with E-state index in [2.05, 4.69) is 52.7 Å². The number of amides is 2. The highest BCUT2D eigenvalue weighted by atomic mass is 32.2. The molecule has 3 aromatic rings. The van der Waals surface area contributed by atoms with Gasteiger partial charge in [0.15, 0.2) is 0 Å². The lowest BCUT2D eigenvalue weighted by atomic mass is 10.0. The molecule has 288 valence electrons. The van der Waals surface area contributed by atoms with Crippen molar-refractivity contribution in [1.82, 2.24) is 21.7 Å². The van der Waals surface area contributed by atoms with Gasteiger partial charge in [0, 0.05) is 66.7 Å². The van der Waals surface area contributed by atoms with Gasteiger partial charge in [-0.2, -0.15) is 20.4 Å². The Balaban J connectivity index is 2.06. The van der Waals surface area contributed by atoms with E-state index >= 15 is 0 Å². The average Bonchev–Trinajstić information content (AvgIpc) is 3.13. The molecule has 3 aromatic carbocycles. The van der Waals surface area contributed by atoms with Crippen molar-refractivity contribution >= 4 is 80.7 Å². The summed E-state index contributed by atoms with van der Waals surface area (Å²) in [6.45, 7) is 6.61. The summed E-state index contributed by atoms with van der Waals surface area (Å²) in [6, 6.07) is 14.0. The van der Waals surface area contributed by atoms with E-state index in [0.717, 1.165) is 0 Å². The fraction of sp³-hybridized carbons (Fsp3) is 0.152. The number of carbonyl (C=O) groups is 2. The van der Waals surface area contributed by atoms with Crippen molar-refractivity contribution in [3.63, 3.8) is 0 Å². The Labute approximate surface area is 318 Å². The molecule has 18 N–H and O–H groups in total. The highest BCUT2D eigenvalue weighted by molar-refractivity contribution is 7.84. The van der Waals surface area contributed by atoms with Crippen LogP contribution < -0.4 is 55.3 Å². The van der Waals surface area contributed by atoms with Crippen LogP contribution in [0.3, 0.4) is 0 Å². The van der Waals surface area contributed by atoms with Crippen molar-refractivity contribution in [2.75, 3.05) is 16.9 Å². The minimum absolute atomic E-state index is 0.0167. The summed E-state index contributed by atoms with van der Waals surface area (Å²) in [5.41, 5.74) is 35.3. The number of anilines is 2. The van der Waals surface area contributed by atoms with Gasteiger partial charge in [0.1, 0.15) is 0 Å². The molecule has 1 unspecified atom stereocenters. The predicted octanol–water partition coefficient (Wildman–Crippen LogP) is 0.757. The van der Waals surface area contributed by atoms with Crippen molar-refractivity contribution < 1.29 is 13.8 Å². The molecule has 0 heterocycles. The van der Waals surface area contributed by atoms with Gasteiger partial charge in [-0.15, -0.1) is 0 Å². The maximum Gasteiger partial charge on any atom is 0.255 e. The van der Waals surface area contributed by atoms with E-state index in [1.165, 1.54) is 24.5 Å². The molecule has 0 spiro atoms. The molecule has 3 rings (SSSR count). The van der Waals surface area contributed by atoms with Crippen LogP contribution in [0.2, 0.25) is 0 Å². The summed E-state index contributed by atoms with van der Waals surface area (Å²) in [6.07, 6.45) is 1.41. The summed E-state index contributed by atoms with van der Waals surface area (Å²) in [5, 5.41) is 51.5. The molecule has 2 amide bonds. The van der Waals surface area contributed by atoms with Crippen molar-refractivity contribution in [1.29, 1.82) is 21.6 Å². The average molecular weight is 771 g/mol. The normalized spacial score (nSPS) is 12.5. The summed E-state index contributed by atoms with van der Waals surface area (Å²) in [5.74, 6) is -2.82. The van der Waals surface area contributed by atoms with Crippen LogP contribution >= 0.6 is 0 Å². The molecule has 55 heavy (non-hydrogen) atoms. The van der Waals surface area contributed by atoms with E-state index < -0.39 is 22.6 Å². The standard InChI is InChI=1S/C33H42N18O3S/c1-15(44-48-30(34)35)19-6-20(16(2)45-49-31(36)37)10-25(9-19)42-28(52)23-8-24(14-27(13-23)55(5)54)29(53)43-26-11-21(17(3)46-50-32(38)39)7-22(12-26)18(4)47-51-33(40)41/h6-14H,1-5H3,(H,42,52)(H,43,53)(H4,34,35,48)(H4,36,37,49)(H4,38,39,50)(H4,40,41,51)/b44-15-,45-16-,46-17-,47-18+. The topological polar surface area (TPSA) is 372 Å². The maximum atomic E-state index is 13.8. The van der Waals surface area contributed by atoms with Crippen LogP contribution in [0.1, 0.15) is 70.7 Å². The van der Waals surface area contributed by atoms with Crippen molar-refractivity contribution in [3.05, 3.63) is 88.0 Å². The van der Waals surface area contributed by atoms with Crippen LogP contribution in [0, 0.1) is 21.6 Å². The third kappa shape index (κ3) is 12.9. The summed E-state index contributed by atoms with van der Waals surface area (Å²) in [7, 11) is -1.60. The third-order valence-electron chi connectivity index (χ3n) is 7.19. The van der Waals surface area contributed by atoms with E-state index in [1.54, 1.807) is 64.1 Å². The molecule has 0 bridgehead atoms. The van der Waals surface area contributed by atoms with Crippen molar-refractivity contribution in [2.24, 2.45) is 43.3 Å². The number of hydrazone groups is 4. The van der Waals surface area contributed by atoms with Crippen LogP contribution in [0.25, 0.3) is 0 Å². The molecule has 0 saturated heterocycles. The molecule has 21 nitrogen and oxygen atoms in total. The molecule has 0 fully saturated rings. The number of hydrogen-bond acceptors (Lipinski definition) is 11. The van der Waals surface area contributed by atoms with Crippen molar-refractivity contribution in [2.45, 2.75) is 32.6 Å². The van der Waals surface area contributed by atoms with Gasteiger partial charge in [-0.3, -0.25) is 35.4 Å². The Kier molecular flexibility index (Phi) is 14.4. The van der Waals surface area contributed by atoms with Crippen LogP contribution in [-0.4, -0.2) is 69.0 Å². The largest absolute Gasteiger partial charge is 0.369 e. The number of nitrogens with one attached hydrogen (secondary N) is 10. The quantitative estimate of drug-likeness (QED) is 0.0653. The lowest BCUT2D eigenvalue weighted by Gasteiger charge is -2.14. The number of carbonyl (C=O) groups excluding carboxylic acids is 2. The fourth-order valence-corrected chi connectivity index (χ4v) is 5.09. The fourth-order valence-electron chi connectivity index (χ4n) is 4.50. The smallest absolute Gasteiger partial charge is 0.255 e. The molecular weight excluding hydrogens is 729 g/mol. The Morgan fingerprint density at radius 2 is 0.745 bits per heavy atom. The van der Waals surface area contributed by atoms with E-state index in [0.29, 0.717) is 56.5 Å². The minimum Gasteiger partial charge on any atom is -0.369 e. The molecule has 22 heteroatoms. The van der Waals surface area contributed by atoms with E-state index in [1.807, 2.05) is 0 Å². The molecule has 0 radical (unpaired) electrons. The van der Waals surface area contributed by atoms with E-state index in [4.69, 9.17) is 44.6 Å². The van der Waals surface area contributed by atoms with Gasteiger partial charge < -0.3 is 33.6 Å². The van der Waals surface area contributed by atoms with Crippen molar-refractivity contribution in [3.8, 4) is 0 Å². The Bertz CT molecular complexity index is 1960. The third-order valence-corrected chi connectivity index (χ3v) is 8.09. The Morgan fingerprint density at radius 3 is 0.982 bits per heavy atom. The van der Waals surface area contributed by atoms with Crippen LogP contribution in [0.4, 0.5) is 11.4 Å². The molecule has 0 aromatic heterocycles. The first kappa shape index (κ1) is 41.9. The molecule has 0 saturated carbocycles. The van der Waals surface area contributed by atoms with Gasteiger partial charge >= 0.3 is 0 Å². The van der Waals surface area contributed by atoms with Gasteiger partial charge in [-0.25, -0.2) is 21.7 Å². The predicted molar refractivity (Wildman–Crippen MR) is 217 cm³/mol. The molecule has 0 aliphatic rings. The van der Waals surface area contributed by atoms with Crippen LogP contribution in [0.15, 0.2) is 79.9 Å². The second-order valence-electron chi connectivity index (χ2n) is 11.6.